The maximum absolute atomic E-state index is 14.3. The summed E-state index contributed by atoms with van der Waals surface area (Å²) in [5, 5.41) is 1.07. The molecule has 0 saturated heterocycles. The standard InChI is InChI=1S/C39H40BrCl2NO4/c1-6-46-33-15-25(14-27(40)37(33)47-22-24-12-13-26(41)16-28(24)42)34-35-29(17-38(2,3)19-31(35)44)43(21-23-10-8-7-9-11-23)30-18-39(4,5)20-32(45)36(30)34/h7-16,34H,6,17-22H2,1-5H3. The molecule has 3 aromatic carbocycles. The van der Waals surface area contributed by atoms with E-state index in [1.807, 2.05) is 43.3 Å². The summed E-state index contributed by atoms with van der Waals surface area (Å²) < 4.78 is 13.1. The van der Waals surface area contributed by atoms with Crippen LogP contribution in [0.25, 0.3) is 0 Å². The fraction of sp³-hybridized carbons (Fsp3) is 0.385. The van der Waals surface area contributed by atoms with E-state index in [-0.39, 0.29) is 29.0 Å². The van der Waals surface area contributed by atoms with E-state index >= 15 is 0 Å². The molecule has 47 heavy (non-hydrogen) atoms. The lowest BCUT2D eigenvalue weighted by atomic mass is 9.63. The van der Waals surface area contributed by atoms with Gasteiger partial charge in [-0.15, -0.1) is 0 Å². The highest BCUT2D eigenvalue weighted by Crippen LogP contribution is 2.56. The van der Waals surface area contributed by atoms with Crippen LogP contribution in [0.4, 0.5) is 0 Å². The fourth-order valence-electron chi connectivity index (χ4n) is 7.28. The zero-order valence-electron chi connectivity index (χ0n) is 27.5. The predicted octanol–water partition coefficient (Wildman–Crippen LogP) is 10.6. The molecule has 0 atom stereocenters. The number of hydrogen-bond donors (Lipinski definition) is 0. The van der Waals surface area contributed by atoms with Crippen molar-refractivity contribution in [2.45, 2.75) is 79.4 Å². The van der Waals surface area contributed by atoms with E-state index in [1.165, 1.54) is 0 Å². The van der Waals surface area contributed by atoms with Gasteiger partial charge in [0.1, 0.15) is 6.61 Å². The number of ether oxygens (including phenoxy) is 2. The molecule has 0 N–H and O–H groups in total. The fourth-order valence-corrected chi connectivity index (χ4v) is 8.32. The Morgan fingerprint density at radius 3 is 2.02 bits per heavy atom. The molecule has 0 fully saturated rings. The number of carbonyl (C=O) groups is 2. The molecule has 1 aliphatic heterocycles. The minimum atomic E-state index is -0.505. The van der Waals surface area contributed by atoms with Crippen LogP contribution in [-0.2, 0) is 22.7 Å². The molecule has 0 aromatic heterocycles. The van der Waals surface area contributed by atoms with Crippen LogP contribution >= 0.6 is 39.1 Å². The normalized spacial score (nSPS) is 19.1. The van der Waals surface area contributed by atoms with E-state index in [0.29, 0.717) is 52.0 Å². The summed E-state index contributed by atoms with van der Waals surface area (Å²) in [5.74, 6) is 0.740. The summed E-state index contributed by atoms with van der Waals surface area (Å²) in [4.78, 5) is 30.9. The monoisotopic (exact) mass is 735 g/mol. The van der Waals surface area contributed by atoms with Gasteiger partial charge in [-0.05, 0) is 81.9 Å². The van der Waals surface area contributed by atoms with Crippen LogP contribution in [0.15, 0.2) is 87.7 Å². The Balaban J connectivity index is 1.51. The van der Waals surface area contributed by atoms with E-state index in [0.717, 1.165) is 52.1 Å². The molecule has 0 amide bonds. The number of rotatable bonds is 8. The van der Waals surface area contributed by atoms with Crippen LogP contribution in [0, 0.1) is 10.8 Å². The Morgan fingerprint density at radius 1 is 0.830 bits per heavy atom. The number of nitrogens with zero attached hydrogens (tertiary/aromatic N) is 1. The van der Waals surface area contributed by atoms with E-state index < -0.39 is 5.92 Å². The minimum absolute atomic E-state index is 0.0929. The topological polar surface area (TPSA) is 55.8 Å². The van der Waals surface area contributed by atoms with Crippen molar-refractivity contribution in [3.63, 3.8) is 0 Å². The summed E-state index contributed by atoms with van der Waals surface area (Å²) in [6.45, 7) is 11.8. The summed E-state index contributed by atoms with van der Waals surface area (Å²) in [6.07, 6.45) is 2.33. The third-order valence-corrected chi connectivity index (χ3v) is 10.4. The number of halogens is 3. The number of hydrogen-bond acceptors (Lipinski definition) is 5. The van der Waals surface area contributed by atoms with Crippen LogP contribution in [0.1, 0.15) is 82.9 Å². The third-order valence-electron chi connectivity index (χ3n) is 9.26. The van der Waals surface area contributed by atoms with Gasteiger partial charge in [-0.25, -0.2) is 0 Å². The van der Waals surface area contributed by atoms with Crippen molar-refractivity contribution in [2.24, 2.45) is 10.8 Å². The highest BCUT2D eigenvalue weighted by Gasteiger charge is 2.49. The van der Waals surface area contributed by atoms with Gasteiger partial charge in [0, 0.05) is 63.5 Å². The molecule has 0 saturated carbocycles. The number of benzene rings is 3. The zero-order valence-corrected chi connectivity index (χ0v) is 30.6. The molecular formula is C39H40BrCl2NO4. The molecule has 0 bridgehead atoms. The number of carbonyl (C=O) groups excluding carboxylic acids is 2. The van der Waals surface area contributed by atoms with E-state index in [2.05, 4.69) is 60.7 Å². The van der Waals surface area contributed by atoms with E-state index in [9.17, 15) is 9.59 Å². The van der Waals surface area contributed by atoms with Crippen molar-refractivity contribution in [1.29, 1.82) is 0 Å². The Morgan fingerprint density at radius 2 is 1.45 bits per heavy atom. The van der Waals surface area contributed by atoms with Gasteiger partial charge in [0.2, 0.25) is 0 Å². The second kappa shape index (κ2) is 13.1. The lowest BCUT2D eigenvalue weighted by Crippen LogP contribution is -2.44. The van der Waals surface area contributed by atoms with Crippen molar-refractivity contribution in [1.82, 2.24) is 4.90 Å². The van der Waals surface area contributed by atoms with Crippen LogP contribution in [0.5, 0.6) is 11.5 Å². The van der Waals surface area contributed by atoms with Gasteiger partial charge in [-0.1, -0.05) is 87.3 Å². The summed E-state index contributed by atoms with van der Waals surface area (Å²) in [6, 6.07) is 19.5. The first-order valence-electron chi connectivity index (χ1n) is 16.1. The summed E-state index contributed by atoms with van der Waals surface area (Å²) >= 11 is 16.3. The van der Waals surface area contributed by atoms with E-state index in [4.69, 9.17) is 32.7 Å². The van der Waals surface area contributed by atoms with Crippen molar-refractivity contribution < 1.29 is 19.1 Å². The van der Waals surface area contributed by atoms with Crippen molar-refractivity contribution >= 4 is 50.7 Å². The van der Waals surface area contributed by atoms with Crippen LogP contribution < -0.4 is 9.47 Å². The average Bonchev–Trinajstić information content (AvgIpc) is 2.97. The molecule has 6 rings (SSSR count). The number of ketones is 2. The average molecular weight is 738 g/mol. The van der Waals surface area contributed by atoms with Gasteiger partial charge in [0.05, 0.1) is 11.1 Å². The van der Waals surface area contributed by atoms with Crippen molar-refractivity contribution in [3.8, 4) is 11.5 Å². The summed E-state index contributed by atoms with van der Waals surface area (Å²) in [7, 11) is 0. The third kappa shape index (κ3) is 6.93. The van der Waals surface area contributed by atoms with Gasteiger partial charge in [-0.2, -0.15) is 0 Å². The number of Topliss-reactive ketones (excluding diaryl/α,β-unsaturated/α-hetero) is 2. The van der Waals surface area contributed by atoms with Gasteiger partial charge in [0.25, 0.3) is 0 Å². The highest BCUT2D eigenvalue weighted by atomic mass is 79.9. The van der Waals surface area contributed by atoms with Gasteiger partial charge in [-0.3, -0.25) is 9.59 Å². The maximum Gasteiger partial charge on any atom is 0.175 e. The van der Waals surface area contributed by atoms with Gasteiger partial charge < -0.3 is 14.4 Å². The molecule has 246 valence electrons. The van der Waals surface area contributed by atoms with Crippen LogP contribution in [-0.4, -0.2) is 23.1 Å². The zero-order chi connectivity index (χ0) is 33.7. The minimum Gasteiger partial charge on any atom is -0.490 e. The molecule has 0 unspecified atom stereocenters. The molecule has 0 radical (unpaired) electrons. The maximum atomic E-state index is 14.3. The molecule has 0 spiro atoms. The highest BCUT2D eigenvalue weighted by molar-refractivity contribution is 9.10. The Hall–Kier alpha value is -3.06. The first-order chi connectivity index (χ1) is 22.3. The largest absolute Gasteiger partial charge is 0.490 e. The quantitative estimate of drug-likeness (QED) is 0.230. The van der Waals surface area contributed by atoms with Crippen LogP contribution in [0.2, 0.25) is 10.0 Å². The second-order valence-electron chi connectivity index (χ2n) is 14.4. The Bertz CT molecular complexity index is 1760. The van der Waals surface area contributed by atoms with Crippen LogP contribution in [0.3, 0.4) is 0 Å². The summed E-state index contributed by atoms with van der Waals surface area (Å²) in [5.41, 5.74) is 5.84. The van der Waals surface area contributed by atoms with Gasteiger partial charge >= 0.3 is 0 Å². The molecular weight excluding hydrogens is 697 g/mol. The molecule has 3 aromatic rings. The second-order valence-corrected chi connectivity index (χ2v) is 16.1. The number of allylic oxidation sites excluding steroid dienone is 4. The first-order valence-corrected chi connectivity index (χ1v) is 17.7. The molecule has 3 aliphatic rings. The lowest BCUT2D eigenvalue weighted by molar-refractivity contribution is -0.119. The smallest absolute Gasteiger partial charge is 0.175 e. The lowest BCUT2D eigenvalue weighted by Gasteiger charge is -2.49. The van der Waals surface area contributed by atoms with E-state index in [1.54, 1.807) is 12.1 Å². The molecule has 5 nitrogen and oxygen atoms in total. The molecule has 8 heteroatoms. The molecule has 1 heterocycles. The Labute approximate surface area is 296 Å². The van der Waals surface area contributed by atoms with Gasteiger partial charge in [0.15, 0.2) is 23.1 Å². The van der Waals surface area contributed by atoms with Crippen molar-refractivity contribution in [3.05, 3.63) is 114 Å². The first kappa shape index (κ1) is 33.8. The SMILES string of the molecule is CCOc1cc(C2C3=C(CC(C)(C)CC3=O)N(Cc3ccccc3)C3=C2C(=O)CC(C)(C)C3)cc(Br)c1OCc1ccc(Cl)cc1Cl. The molecule has 2 aliphatic carbocycles. The Kier molecular flexibility index (Phi) is 9.43. The van der Waals surface area contributed by atoms with Crippen molar-refractivity contribution in [2.75, 3.05) is 6.61 Å². The predicted molar refractivity (Wildman–Crippen MR) is 191 cm³/mol.